The maximum atomic E-state index is 12.4. The van der Waals surface area contributed by atoms with Crippen molar-refractivity contribution in [3.63, 3.8) is 0 Å². The Kier molecular flexibility index (Phi) is 5.93. The molecule has 0 atom stereocenters. The summed E-state index contributed by atoms with van der Waals surface area (Å²) in [5, 5.41) is 3.86. The first-order valence-corrected chi connectivity index (χ1v) is 8.00. The third-order valence-electron chi connectivity index (χ3n) is 3.61. The normalized spacial score (nSPS) is 10.4. The van der Waals surface area contributed by atoms with E-state index in [1.807, 2.05) is 25.1 Å². The second-order valence-corrected chi connectivity index (χ2v) is 5.81. The monoisotopic (exact) mass is 332 g/mol. The van der Waals surface area contributed by atoms with Crippen molar-refractivity contribution in [3.8, 4) is 0 Å². The highest BCUT2D eigenvalue weighted by atomic mass is 35.5. The topological polar surface area (TPSA) is 58.1 Å². The standard InChI is InChI=1S/C17H21ClN4O/c1-4-5-9-22(3)17(23)15-10-16(20-11-19-15)21-14-8-6-7-13(18)12(14)2/h6-8,10-11H,4-5,9H2,1-3H3,(H,19,20,21). The summed E-state index contributed by atoms with van der Waals surface area (Å²) in [6.45, 7) is 4.74. The highest BCUT2D eigenvalue weighted by molar-refractivity contribution is 6.31. The van der Waals surface area contributed by atoms with Crippen LogP contribution in [0.5, 0.6) is 0 Å². The summed E-state index contributed by atoms with van der Waals surface area (Å²) in [4.78, 5) is 22.3. The third-order valence-corrected chi connectivity index (χ3v) is 4.02. The number of amides is 1. The Balaban J connectivity index is 2.16. The Morgan fingerprint density at radius 2 is 2.13 bits per heavy atom. The van der Waals surface area contributed by atoms with E-state index in [2.05, 4.69) is 22.2 Å². The van der Waals surface area contributed by atoms with Crippen molar-refractivity contribution in [2.24, 2.45) is 0 Å². The van der Waals surface area contributed by atoms with Gasteiger partial charge in [0.1, 0.15) is 17.8 Å². The number of halogens is 1. The van der Waals surface area contributed by atoms with Crippen LogP contribution in [0.3, 0.4) is 0 Å². The molecule has 1 aromatic heterocycles. The Labute approximate surface area is 141 Å². The number of nitrogens with zero attached hydrogens (tertiary/aromatic N) is 3. The van der Waals surface area contributed by atoms with Gasteiger partial charge in [-0.05, 0) is 31.0 Å². The average Bonchev–Trinajstić information content (AvgIpc) is 2.56. The van der Waals surface area contributed by atoms with Crippen molar-refractivity contribution in [2.45, 2.75) is 26.7 Å². The van der Waals surface area contributed by atoms with E-state index in [0.29, 0.717) is 16.5 Å². The molecule has 0 saturated heterocycles. The number of carbonyl (C=O) groups excluding carboxylic acids is 1. The number of unbranched alkanes of at least 4 members (excludes halogenated alkanes) is 1. The number of benzene rings is 1. The predicted octanol–water partition coefficient (Wildman–Crippen LogP) is 4.05. The highest BCUT2D eigenvalue weighted by Crippen LogP contribution is 2.25. The van der Waals surface area contributed by atoms with Crippen molar-refractivity contribution >= 4 is 29.0 Å². The molecule has 0 radical (unpaired) electrons. The fourth-order valence-electron chi connectivity index (χ4n) is 2.12. The SMILES string of the molecule is CCCCN(C)C(=O)c1cc(Nc2cccc(Cl)c2C)ncn1. The lowest BCUT2D eigenvalue weighted by Gasteiger charge is -2.16. The van der Waals surface area contributed by atoms with E-state index in [-0.39, 0.29) is 5.91 Å². The molecule has 0 spiro atoms. The minimum Gasteiger partial charge on any atom is -0.340 e. The molecule has 6 heteroatoms. The maximum Gasteiger partial charge on any atom is 0.272 e. The first-order chi connectivity index (χ1) is 11.0. The Hall–Kier alpha value is -2.14. The van der Waals surface area contributed by atoms with Crippen LogP contribution in [-0.2, 0) is 0 Å². The molecule has 1 heterocycles. The van der Waals surface area contributed by atoms with E-state index in [0.717, 1.165) is 30.6 Å². The summed E-state index contributed by atoms with van der Waals surface area (Å²) < 4.78 is 0. The Morgan fingerprint density at radius 1 is 1.35 bits per heavy atom. The zero-order valence-corrected chi connectivity index (χ0v) is 14.4. The molecule has 23 heavy (non-hydrogen) atoms. The van der Waals surface area contributed by atoms with Gasteiger partial charge >= 0.3 is 0 Å². The molecule has 5 nitrogen and oxygen atoms in total. The molecule has 1 N–H and O–H groups in total. The molecule has 0 aliphatic heterocycles. The van der Waals surface area contributed by atoms with Gasteiger partial charge in [-0.3, -0.25) is 4.79 Å². The van der Waals surface area contributed by atoms with Crippen LogP contribution in [-0.4, -0.2) is 34.4 Å². The number of aromatic nitrogens is 2. The van der Waals surface area contributed by atoms with E-state index < -0.39 is 0 Å². The molecule has 0 aliphatic carbocycles. The molecule has 0 unspecified atom stereocenters. The van der Waals surface area contributed by atoms with E-state index >= 15 is 0 Å². The van der Waals surface area contributed by atoms with E-state index in [1.165, 1.54) is 6.33 Å². The van der Waals surface area contributed by atoms with Gasteiger partial charge in [-0.15, -0.1) is 0 Å². The van der Waals surface area contributed by atoms with Crippen molar-refractivity contribution in [1.29, 1.82) is 0 Å². The second-order valence-electron chi connectivity index (χ2n) is 5.41. The zero-order chi connectivity index (χ0) is 16.8. The molecular formula is C17H21ClN4O. The van der Waals surface area contributed by atoms with Crippen LogP contribution in [0, 0.1) is 6.92 Å². The lowest BCUT2D eigenvalue weighted by atomic mass is 10.2. The van der Waals surface area contributed by atoms with Gasteiger partial charge < -0.3 is 10.2 Å². The summed E-state index contributed by atoms with van der Waals surface area (Å²) in [6.07, 6.45) is 3.41. The minimum atomic E-state index is -0.105. The molecule has 0 bridgehead atoms. The molecule has 122 valence electrons. The van der Waals surface area contributed by atoms with E-state index in [4.69, 9.17) is 11.6 Å². The van der Waals surface area contributed by atoms with Gasteiger partial charge in [-0.2, -0.15) is 0 Å². The van der Waals surface area contributed by atoms with Crippen molar-refractivity contribution in [2.75, 3.05) is 18.9 Å². The molecule has 2 aromatic rings. The lowest BCUT2D eigenvalue weighted by Crippen LogP contribution is -2.28. The fraction of sp³-hybridized carbons (Fsp3) is 0.353. The number of hydrogen-bond donors (Lipinski definition) is 1. The first-order valence-electron chi connectivity index (χ1n) is 7.62. The van der Waals surface area contributed by atoms with Crippen LogP contribution in [0.15, 0.2) is 30.6 Å². The largest absolute Gasteiger partial charge is 0.340 e. The third kappa shape index (κ3) is 4.42. The Bertz CT molecular complexity index is 690. The number of carbonyl (C=O) groups is 1. The fourth-order valence-corrected chi connectivity index (χ4v) is 2.29. The smallest absolute Gasteiger partial charge is 0.272 e. The summed E-state index contributed by atoms with van der Waals surface area (Å²) >= 11 is 6.12. The average molecular weight is 333 g/mol. The molecule has 0 fully saturated rings. The summed E-state index contributed by atoms with van der Waals surface area (Å²) in [6, 6.07) is 7.27. The summed E-state index contributed by atoms with van der Waals surface area (Å²) in [5.74, 6) is 0.462. The zero-order valence-electron chi connectivity index (χ0n) is 13.6. The van der Waals surface area contributed by atoms with Crippen molar-refractivity contribution in [3.05, 3.63) is 46.9 Å². The first kappa shape index (κ1) is 17.2. The molecule has 1 aromatic carbocycles. The lowest BCUT2D eigenvalue weighted by molar-refractivity contribution is 0.0787. The van der Waals surface area contributed by atoms with Crippen LogP contribution < -0.4 is 5.32 Å². The molecule has 0 aliphatic rings. The second kappa shape index (κ2) is 7.92. The van der Waals surface area contributed by atoms with Crippen molar-refractivity contribution < 1.29 is 4.79 Å². The molecule has 2 rings (SSSR count). The van der Waals surface area contributed by atoms with Gasteiger partial charge in [-0.25, -0.2) is 9.97 Å². The predicted molar refractivity (Wildman–Crippen MR) is 93.4 cm³/mol. The number of hydrogen-bond acceptors (Lipinski definition) is 4. The quantitative estimate of drug-likeness (QED) is 0.866. The Morgan fingerprint density at radius 3 is 2.87 bits per heavy atom. The van der Waals surface area contributed by atoms with Crippen LogP contribution >= 0.6 is 11.6 Å². The number of nitrogens with one attached hydrogen (secondary N) is 1. The maximum absolute atomic E-state index is 12.4. The van der Waals surface area contributed by atoms with Gasteiger partial charge in [0.15, 0.2) is 0 Å². The van der Waals surface area contributed by atoms with Gasteiger partial charge in [0.2, 0.25) is 0 Å². The number of rotatable bonds is 6. The van der Waals surface area contributed by atoms with Crippen molar-refractivity contribution in [1.82, 2.24) is 14.9 Å². The van der Waals surface area contributed by atoms with E-state index in [9.17, 15) is 4.79 Å². The van der Waals surface area contributed by atoms with Gasteiger partial charge in [0.25, 0.3) is 5.91 Å². The van der Waals surface area contributed by atoms with E-state index in [1.54, 1.807) is 18.0 Å². The summed E-state index contributed by atoms with van der Waals surface area (Å²) in [7, 11) is 1.79. The van der Waals surface area contributed by atoms with Gasteiger partial charge in [0.05, 0.1) is 0 Å². The van der Waals surface area contributed by atoms with Crippen LogP contribution in [0.25, 0.3) is 0 Å². The van der Waals surface area contributed by atoms with Gasteiger partial charge in [-0.1, -0.05) is 31.0 Å². The minimum absolute atomic E-state index is 0.105. The van der Waals surface area contributed by atoms with Crippen LogP contribution in [0.2, 0.25) is 5.02 Å². The molecular weight excluding hydrogens is 312 g/mol. The molecule has 1 amide bonds. The van der Waals surface area contributed by atoms with Crippen LogP contribution in [0.1, 0.15) is 35.8 Å². The molecule has 0 saturated carbocycles. The highest BCUT2D eigenvalue weighted by Gasteiger charge is 2.14. The van der Waals surface area contributed by atoms with Crippen LogP contribution in [0.4, 0.5) is 11.5 Å². The van der Waals surface area contributed by atoms with Gasteiger partial charge in [0, 0.05) is 30.4 Å². The number of anilines is 2. The summed E-state index contributed by atoms with van der Waals surface area (Å²) in [5.41, 5.74) is 2.16.